The number of hydrogen-bond donors (Lipinski definition) is 0. The van der Waals surface area contributed by atoms with Crippen molar-refractivity contribution in [3.05, 3.63) is 35.9 Å². The summed E-state index contributed by atoms with van der Waals surface area (Å²) < 4.78 is 11.7. The Labute approximate surface area is 118 Å². The van der Waals surface area contributed by atoms with Crippen molar-refractivity contribution in [1.29, 1.82) is 0 Å². The topological polar surface area (TPSA) is 18.5 Å². The van der Waals surface area contributed by atoms with Crippen LogP contribution in [-0.4, -0.2) is 24.1 Å². The normalized spacial score (nSPS) is 24.1. The summed E-state index contributed by atoms with van der Waals surface area (Å²) in [6.07, 6.45) is 4.59. The molecule has 0 amide bonds. The summed E-state index contributed by atoms with van der Waals surface area (Å²) in [4.78, 5) is 0. The van der Waals surface area contributed by atoms with E-state index in [0.29, 0.717) is 6.61 Å². The molecule has 0 spiro atoms. The van der Waals surface area contributed by atoms with Crippen LogP contribution in [0.3, 0.4) is 0 Å². The smallest absolute Gasteiger partial charge is 0.0800 e. The minimum atomic E-state index is 0.00887. The molecule has 0 aromatic heterocycles. The molecule has 1 aliphatic heterocycles. The molecule has 100 valence electrons. The Morgan fingerprint density at radius 2 is 2.06 bits per heavy atom. The number of rotatable bonds is 6. The van der Waals surface area contributed by atoms with E-state index in [1.807, 2.05) is 18.2 Å². The summed E-state index contributed by atoms with van der Waals surface area (Å²) in [5, 5.41) is 0.911. The quantitative estimate of drug-likeness (QED) is 0.585. The van der Waals surface area contributed by atoms with E-state index in [1.54, 1.807) is 0 Å². The number of benzene rings is 1. The van der Waals surface area contributed by atoms with Crippen LogP contribution < -0.4 is 0 Å². The van der Waals surface area contributed by atoms with Crippen LogP contribution in [0, 0.1) is 0 Å². The van der Waals surface area contributed by atoms with Gasteiger partial charge in [0.25, 0.3) is 0 Å². The van der Waals surface area contributed by atoms with E-state index < -0.39 is 0 Å². The Kier molecular flexibility index (Phi) is 5.67. The van der Waals surface area contributed by atoms with Gasteiger partial charge in [0.2, 0.25) is 0 Å². The maximum Gasteiger partial charge on any atom is 0.0800 e. The molecule has 1 fully saturated rings. The van der Waals surface area contributed by atoms with E-state index in [2.05, 4.69) is 28.1 Å². The van der Waals surface area contributed by atoms with Gasteiger partial charge in [0.1, 0.15) is 0 Å². The Hall–Kier alpha value is -0.380. The van der Waals surface area contributed by atoms with E-state index in [0.717, 1.165) is 31.4 Å². The Balaban J connectivity index is 1.71. The van der Waals surface area contributed by atoms with Gasteiger partial charge in [0.15, 0.2) is 0 Å². The predicted molar refractivity (Wildman–Crippen MR) is 77.0 cm³/mol. The molecule has 1 heterocycles. The van der Waals surface area contributed by atoms with E-state index >= 15 is 0 Å². The number of halogens is 1. The molecular weight excluding hydrogens is 292 g/mol. The van der Waals surface area contributed by atoms with Gasteiger partial charge in [-0.05, 0) is 24.8 Å². The van der Waals surface area contributed by atoms with Crippen molar-refractivity contribution < 1.29 is 9.47 Å². The van der Waals surface area contributed by atoms with E-state index in [4.69, 9.17) is 9.47 Å². The van der Waals surface area contributed by atoms with Crippen molar-refractivity contribution in [3.63, 3.8) is 0 Å². The Morgan fingerprint density at radius 3 is 2.72 bits per heavy atom. The summed E-state index contributed by atoms with van der Waals surface area (Å²) in [5.41, 5.74) is 1.24. The van der Waals surface area contributed by atoms with Gasteiger partial charge < -0.3 is 9.47 Å². The fraction of sp³-hybridized carbons (Fsp3) is 0.600. The first-order chi connectivity index (χ1) is 8.85. The van der Waals surface area contributed by atoms with E-state index in [9.17, 15) is 0 Å². The fourth-order valence-electron chi connectivity index (χ4n) is 2.30. The van der Waals surface area contributed by atoms with Crippen molar-refractivity contribution in [1.82, 2.24) is 0 Å². The van der Waals surface area contributed by atoms with Crippen LogP contribution in [0.5, 0.6) is 0 Å². The lowest BCUT2D eigenvalue weighted by Crippen LogP contribution is -2.39. The summed E-state index contributed by atoms with van der Waals surface area (Å²) in [6.45, 7) is 2.35. The second kappa shape index (κ2) is 7.27. The first kappa shape index (κ1) is 14.0. The largest absolute Gasteiger partial charge is 0.377 e. The van der Waals surface area contributed by atoms with Gasteiger partial charge in [0.05, 0.1) is 12.2 Å². The second-order valence-corrected chi connectivity index (χ2v) is 5.47. The third-order valence-corrected chi connectivity index (χ3v) is 4.51. The zero-order valence-electron chi connectivity index (χ0n) is 10.7. The average molecular weight is 313 g/mol. The van der Waals surface area contributed by atoms with Crippen LogP contribution in [0.25, 0.3) is 0 Å². The van der Waals surface area contributed by atoms with Gasteiger partial charge in [-0.15, -0.1) is 0 Å². The molecule has 2 rings (SSSR count). The lowest BCUT2D eigenvalue weighted by atomic mass is 9.93. The van der Waals surface area contributed by atoms with Crippen LogP contribution in [0.4, 0.5) is 0 Å². The SMILES string of the molecule is BrCC1(CCOCc2ccccc2)CCCCO1. The molecule has 1 atom stereocenters. The zero-order chi connectivity index (χ0) is 12.7. The van der Waals surface area contributed by atoms with Crippen molar-refractivity contribution in [2.24, 2.45) is 0 Å². The molecule has 0 radical (unpaired) electrons. The van der Waals surface area contributed by atoms with Gasteiger partial charge in [-0.2, -0.15) is 0 Å². The molecule has 1 unspecified atom stereocenters. The summed E-state index contributed by atoms with van der Waals surface area (Å²) in [7, 11) is 0. The molecule has 1 aromatic carbocycles. The zero-order valence-corrected chi connectivity index (χ0v) is 12.3. The van der Waals surface area contributed by atoms with Gasteiger partial charge in [-0.1, -0.05) is 46.3 Å². The van der Waals surface area contributed by atoms with Crippen molar-refractivity contribution in [2.45, 2.75) is 37.9 Å². The number of hydrogen-bond acceptors (Lipinski definition) is 2. The Bertz CT molecular complexity index is 334. The van der Waals surface area contributed by atoms with Crippen LogP contribution in [0.1, 0.15) is 31.2 Å². The number of ether oxygens (including phenoxy) is 2. The molecule has 0 aliphatic carbocycles. The summed E-state index contributed by atoms with van der Waals surface area (Å²) >= 11 is 3.58. The van der Waals surface area contributed by atoms with Gasteiger partial charge in [0, 0.05) is 25.0 Å². The third-order valence-electron chi connectivity index (χ3n) is 3.49. The first-order valence-corrected chi connectivity index (χ1v) is 7.78. The molecule has 0 saturated carbocycles. The predicted octanol–water partition coefficient (Wildman–Crippen LogP) is 3.93. The third kappa shape index (κ3) is 4.08. The van der Waals surface area contributed by atoms with Crippen LogP contribution in [0.15, 0.2) is 30.3 Å². The van der Waals surface area contributed by atoms with E-state index in [1.165, 1.54) is 18.4 Å². The second-order valence-electron chi connectivity index (χ2n) is 4.91. The highest BCUT2D eigenvalue weighted by Crippen LogP contribution is 2.30. The standard InChI is InChI=1S/C15H21BrO2/c16-13-15(8-4-5-10-18-15)9-11-17-12-14-6-2-1-3-7-14/h1-3,6-7H,4-5,8-13H2. The molecule has 1 aromatic rings. The number of alkyl halides is 1. The summed E-state index contributed by atoms with van der Waals surface area (Å²) in [6, 6.07) is 10.3. The lowest BCUT2D eigenvalue weighted by molar-refractivity contribution is -0.0792. The lowest BCUT2D eigenvalue weighted by Gasteiger charge is -2.35. The highest BCUT2D eigenvalue weighted by atomic mass is 79.9. The molecule has 1 aliphatic rings. The van der Waals surface area contributed by atoms with Crippen LogP contribution in [-0.2, 0) is 16.1 Å². The summed E-state index contributed by atoms with van der Waals surface area (Å²) in [5.74, 6) is 0. The van der Waals surface area contributed by atoms with Gasteiger partial charge in [-0.25, -0.2) is 0 Å². The first-order valence-electron chi connectivity index (χ1n) is 6.66. The average Bonchev–Trinajstić information content (AvgIpc) is 2.46. The molecule has 18 heavy (non-hydrogen) atoms. The van der Waals surface area contributed by atoms with Crippen molar-refractivity contribution in [3.8, 4) is 0 Å². The van der Waals surface area contributed by atoms with Crippen LogP contribution >= 0.6 is 15.9 Å². The molecule has 2 nitrogen and oxygen atoms in total. The monoisotopic (exact) mass is 312 g/mol. The maximum atomic E-state index is 5.94. The molecule has 3 heteroatoms. The van der Waals surface area contributed by atoms with Crippen LogP contribution in [0.2, 0.25) is 0 Å². The van der Waals surface area contributed by atoms with Gasteiger partial charge >= 0.3 is 0 Å². The van der Waals surface area contributed by atoms with Gasteiger partial charge in [-0.3, -0.25) is 0 Å². The molecule has 0 N–H and O–H groups in total. The van der Waals surface area contributed by atoms with Crippen molar-refractivity contribution in [2.75, 3.05) is 18.5 Å². The molecular formula is C15H21BrO2. The minimum Gasteiger partial charge on any atom is -0.377 e. The fourth-order valence-corrected chi connectivity index (χ4v) is 3.02. The minimum absolute atomic E-state index is 0.00887. The molecule has 0 bridgehead atoms. The Morgan fingerprint density at radius 1 is 1.22 bits per heavy atom. The maximum absolute atomic E-state index is 5.94. The highest BCUT2D eigenvalue weighted by molar-refractivity contribution is 9.09. The van der Waals surface area contributed by atoms with Crippen molar-refractivity contribution >= 4 is 15.9 Å². The van der Waals surface area contributed by atoms with E-state index in [-0.39, 0.29) is 5.60 Å². The molecule has 1 saturated heterocycles. The highest BCUT2D eigenvalue weighted by Gasteiger charge is 2.31.